The van der Waals surface area contributed by atoms with E-state index in [9.17, 15) is 4.79 Å². The third-order valence-electron chi connectivity index (χ3n) is 4.40. The Morgan fingerprint density at radius 3 is 2.76 bits per heavy atom. The van der Waals surface area contributed by atoms with Crippen molar-refractivity contribution in [3.8, 4) is 0 Å². The maximum Gasteiger partial charge on any atom is 0.315 e. The number of amides is 2. The van der Waals surface area contributed by atoms with Crippen LogP contribution in [0.3, 0.4) is 0 Å². The average molecular weight is 399 g/mol. The Morgan fingerprint density at radius 1 is 1.31 bits per heavy atom. The van der Waals surface area contributed by atoms with Crippen molar-refractivity contribution in [2.75, 3.05) is 12.3 Å². The van der Waals surface area contributed by atoms with Crippen LogP contribution in [0, 0.1) is 0 Å². The van der Waals surface area contributed by atoms with E-state index in [1.54, 1.807) is 6.20 Å². The fourth-order valence-electron chi connectivity index (χ4n) is 3.28. The number of nitrogens with zero attached hydrogens (tertiary/aromatic N) is 4. The minimum atomic E-state index is -0.563. The molecule has 0 atom stereocenters. The van der Waals surface area contributed by atoms with Gasteiger partial charge in [-0.15, -0.1) is 0 Å². The smallest absolute Gasteiger partial charge is 0.315 e. The lowest BCUT2D eigenvalue weighted by atomic mass is 10.1. The molecule has 3 aromatic rings. The lowest BCUT2D eigenvalue weighted by Gasteiger charge is -2.28. The van der Waals surface area contributed by atoms with Crippen LogP contribution in [0.1, 0.15) is 40.4 Å². The minimum absolute atomic E-state index is 0.0485. The fourth-order valence-corrected chi connectivity index (χ4v) is 3.28. The second-order valence-electron chi connectivity index (χ2n) is 7.95. The highest BCUT2D eigenvalue weighted by Crippen LogP contribution is 2.29. The normalized spacial score (nSPS) is 12.1. The number of carbonyl (C=O) groups is 1. The number of rotatable bonds is 7. The molecule has 0 saturated heterocycles. The van der Waals surface area contributed by atoms with Crippen LogP contribution in [-0.2, 0) is 17.9 Å². The molecule has 3 aromatic heterocycles. The zero-order valence-electron chi connectivity index (χ0n) is 17.6. The molecule has 0 bridgehead atoms. The van der Waals surface area contributed by atoms with Crippen molar-refractivity contribution in [2.24, 2.45) is 0 Å². The van der Waals surface area contributed by atoms with Gasteiger partial charge in [-0.2, -0.15) is 0 Å². The number of ether oxygens (including phenoxy) is 1. The van der Waals surface area contributed by atoms with Gasteiger partial charge in [-0.05, 0) is 46.8 Å². The predicted molar refractivity (Wildman–Crippen MR) is 113 cm³/mol. The largest absolute Gasteiger partial charge is 0.382 e. The molecule has 0 spiro atoms. The van der Waals surface area contributed by atoms with Crippen LogP contribution >= 0.6 is 0 Å². The summed E-state index contributed by atoms with van der Waals surface area (Å²) >= 11 is 0. The quantitative estimate of drug-likeness (QED) is 0.562. The van der Waals surface area contributed by atoms with Crippen molar-refractivity contribution in [3.63, 3.8) is 0 Å². The second-order valence-corrected chi connectivity index (χ2v) is 7.95. The molecule has 0 aliphatic heterocycles. The van der Waals surface area contributed by atoms with Crippen molar-refractivity contribution >= 4 is 33.9 Å². The first-order chi connectivity index (χ1) is 13.7. The molecular formula is C20H29N7O2. The highest BCUT2D eigenvalue weighted by atomic mass is 16.5. The Balaban J connectivity index is 2.09. The fraction of sp³-hybridized carbons (Fsp3) is 0.500. The summed E-state index contributed by atoms with van der Waals surface area (Å²) in [5.74, 6) is 1.06. The van der Waals surface area contributed by atoms with Gasteiger partial charge in [0.2, 0.25) is 0 Å². The van der Waals surface area contributed by atoms with Gasteiger partial charge in [0.05, 0.1) is 11.1 Å². The number of nitrogens with one attached hydrogen (secondary N) is 2. The van der Waals surface area contributed by atoms with Crippen LogP contribution in [0.25, 0.3) is 22.1 Å². The van der Waals surface area contributed by atoms with E-state index in [1.807, 2.05) is 51.3 Å². The van der Waals surface area contributed by atoms with E-state index >= 15 is 0 Å². The topological polar surface area (TPSA) is 120 Å². The van der Waals surface area contributed by atoms with E-state index in [0.717, 1.165) is 11.0 Å². The zero-order valence-corrected chi connectivity index (χ0v) is 17.6. The lowest BCUT2D eigenvalue weighted by Crippen LogP contribution is -2.52. The molecule has 3 heterocycles. The van der Waals surface area contributed by atoms with Crippen LogP contribution in [-0.4, -0.2) is 43.7 Å². The average Bonchev–Trinajstić information content (AvgIpc) is 2.97. The van der Waals surface area contributed by atoms with Gasteiger partial charge >= 0.3 is 6.03 Å². The molecule has 0 radical (unpaired) electrons. The number of nitrogens with two attached hydrogens (primary N) is 1. The van der Waals surface area contributed by atoms with Gasteiger partial charge < -0.3 is 25.7 Å². The predicted octanol–water partition coefficient (Wildman–Crippen LogP) is 2.58. The van der Waals surface area contributed by atoms with E-state index in [-0.39, 0.29) is 12.1 Å². The molecule has 2 amide bonds. The summed E-state index contributed by atoms with van der Waals surface area (Å²) < 4.78 is 7.65. The number of anilines is 1. The maximum atomic E-state index is 12.3. The summed E-state index contributed by atoms with van der Waals surface area (Å²) in [4.78, 5) is 25.9. The van der Waals surface area contributed by atoms with Crippen LogP contribution in [0.4, 0.5) is 10.6 Å². The molecule has 0 aromatic carbocycles. The molecule has 0 aliphatic rings. The molecule has 29 heavy (non-hydrogen) atoms. The number of aromatic nitrogens is 4. The van der Waals surface area contributed by atoms with Gasteiger partial charge in [-0.25, -0.2) is 14.8 Å². The summed E-state index contributed by atoms with van der Waals surface area (Å²) in [7, 11) is 0. The third-order valence-corrected chi connectivity index (χ3v) is 4.40. The van der Waals surface area contributed by atoms with E-state index < -0.39 is 5.54 Å². The molecule has 0 fully saturated rings. The first-order valence-electron chi connectivity index (χ1n) is 9.77. The van der Waals surface area contributed by atoms with Gasteiger partial charge in [-0.1, -0.05) is 0 Å². The van der Waals surface area contributed by atoms with Gasteiger partial charge in [0.1, 0.15) is 29.0 Å². The van der Waals surface area contributed by atoms with Crippen molar-refractivity contribution in [1.82, 2.24) is 30.2 Å². The molecule has 9 heteroatoms. The number of fused-ring (bicyclic) bond motifs is 3. The SMILES string of the molecule is CCOCc1nc2c(N)nc3cccnc3c2n1CC(C)(C)NC(=O)NC(C)C. The van der Waals surface area contributed by atoms with Crippen molar-refractivity contribution < 1.29 is 9.53 Å². The number of hydrogen-bond donors (Lipinski definition) is 3. The zero-order chi connectivity index (χ0) is 21.2. The monoisotopic (exact) mass is 399 g/mol. The van der Waals surface area contributed by atoms with E-state index in [4.69, 9.17) is 15.5 Å². The number of carbonyl (C=O) groups excluding carboxylic acids is 1. The van der Waals surface area contributed by atoms with Crippen molar-refractivity contribution in [1.29, 1.82) is 0 Å². The van der Waals surface area contributed by atoms with E-state index in [0.29, 0.717) is 42.4 Å². The summed E-state index contributed by atoms with van der Waals surface area (Å²) in [5.41, 5.74) is 8.43. The first-order valence-corrected chi connectivity index (χ1v) is 9.77. The number of nitrogen functional groups attached to an aromatic ring is 1. The molecular weight excluding hydrogens is 370 g/mol. The van der Waals surface area contributed by atoms with Gasteiger partial charge in [0.15, 0.2) is 5.82 Å². The highest BCUT2D eigenvalue weighted by molar-refractivity contribution is 6.04. The van der Waals surface area contributed by atoms with E-state index in [1.165, 1.54) is 0 Å². The van der Waals surface area contributed by atoms with Crippen LogP contribution in [0.2, 0.25) is 0 Å². The van der Waals surface area contributed by atoms with Crippen molar-refractivity contribution in [2.45, 2.75) is 59.4 Å². The number of imidazole rings is 1. The Hall–Kier alpha value is -2.94. The third kappa shape index (κ3) is 4.56. The number of hydrogen-bond acceptors (Lipinski definition) is 6. The molecule has 0 aliphatic carbocycles. The standard InChI is InChI=1S/C20H29N7O2/c1-6-29-10-14-25-16-17(15-13(24-18(16)21)8-7-9-22-15)27(14)11-20(4,5)26-19(28)23-12(2)3/h7-9,12H,6,10-11H2,1-5H3,(H2,21,24)(H2,23,26,28). The Kier molecular flexibility index (Phi) is 5.88. The Morgan fingerprint density at radius 2 is 2.07 bits per heavy atom. The molecule has 156 valence electrons. The summed E-state index contributed by atoms with van der Waals surface area (Å²) in [6.07, 6.45) is 1.72. The minimum Gasteiger partial charge on any atom is -0.382 e. The highest BCUT2D eigenvalue weighted by Gasteiger charge is 2.26. The Bertz CT molecular complexity index is 1030. The Labute approximate surface area is 170 Å². The lowest BCUT2D eigenvalue weighted by molar-refractivity contribution is 0.124. The summed E-state index contributed by atoms with van der Waals surface area (Å²) in [6.45, 7) is 11.1. The van der Waals surface area contributed by atoms with Crippen LogP contribution in [0.5, 0.6) is 0 Å². The van der Waals surface area contributed by atoms with Crippen LogP contribution < -0.4 is 16.4 Å². The second kappa shape index (κ2) is 8.20. The summed E-state index contributed by atoms with van der Waals surface area (Å²) in [5, 5.41) is 5.89. The van der Waals surface area contributed by atoms with E-state index in [2.05, 4.69) is 20.6 Å². The maximum absolute atomic E-state index is 12.3. The molecule has 9 nitrogen and oxygen atoms in total. The van der Waals surface area contributed by atoms with Crippen LogP contribution in [0.15, 0.2) is 18.3 Å². The molecule has 0 saturated carbocycles. The van der Waals surface area contributed by atoms with Crippen molar-refractivity contribution in [3.05, 3.63) is 24.2 Å². The van der Waals surface area contributed by atoms with Gasteiger partial charge in [0, 0.05) is 25.4 Å². The molecule has 0 unspecified atom stereocenters. The molecule has 4 N–H and O–H groups in total. The number of urea groups is 1. The number of pyridine rings is 2. The van der Waals surface area contributed by atoms with Gasteiger partial charge in [-0.3, -0.25) is 4.98 Å². The first kappa shape index (κ1) is 20.8. The summed E-state index contributed by atoms with van der Waals surface area (Å²) in [6, 6.07) is 3.53. The van der Waals surface area contributed by atoms with Gasteiger partial charge in [0.25, 0.3) is 0 Å². The molecule has 3 rings (SSSR count).